The van der Waals surface area contributed by atoms with Gasteiger partial charge >= 0.3 is 0 Å². The fourth-order valence-electron chi connectivity index (χ4n) is 1.64. The summed E-state index contributed by atoms with van der Waals surface area (Å²) in [6.07, 6.45) is 1.39. The topological polar surface area (TPSA) is 66.9 Å². The minimum atomic E-state index is -0.765. The zero-order chi connectivity index (χ0) is 16.1. The minimum absolute atomic E-state index is 0.0288. The molecule has 2 N–H and O–H groups in total. The second-order valence-corrected chi connectivity index (χ2v) is 5.12. The summed E-state index contributed by atoms with van der Waals surface area (Å²) in [4.78, 5) is 19.8. The van der Waals surface area contributed by atoms with Gasteiger partial charge in [-0.15, -0.1) is 0 Å². The summed E-state index contributed by atoms with van der Waals surface area (Å²) < 4.78 is 26.4. The summed E-state index contributed by atoms with van der Waals surface area (Å²) in [7, 11) is 0. The van der Waals surface area contributed by atoms with E-state index >= 15 is 0 Å². The van der Waals surface area contributed by atoms with Crippen molar-refractivity contribution in [3.05, 3.63) is 47.8 Å². The molecule has 0 bridgehead atoms. The molecule has 0 fully saturated rings. The quantitative estimate of drug-likeness (QED) is 0.891. The van der Waals surface area contributed by atoms with Crippen molar-refractivity contribution in [3.63, 3.8) is 0 Å². The Labute approximate surface area is 126 Å². The van der Waals surface area contributed by atoms with Gasteiger partial charge in [0.25, 0.3) is 5.91 Å². The Hall–Kier alpha value is -2.57. The van der Waals surface area contributed by atoms with Crippen LogP contribution in [-0.4, -0.2) is 22.4 Å². The van der Waals surface area contributed by atoms with E-state index in [0.717, 1.165) is 12.1 Å². The highest BCUT2D eigenvalue weighted by atomic mass is 19.1. The number of carbonyl (C=O) groups excluding carboxylic acids is 1. The van der Waals surface area contributed by atoms with Crippen molar-refractivity contribution in [1.29, 1.82) is 0 Å². The van der Waals surface area contributed by atoms with Gasteiger partial charge < -0.3 is 10.6 Å². The first kappa shape index (κ1) is 15.8. The predicted molar refractivity (Wildman–Crippen MR) is 78.8 cm³/mol. The first-order valence-corrected chi connectivity index (χ1v) is 6.79. The van der Waals surface area contributed by atoms with Gasteiger partial charge in [0.2, 0.25) is 5.95 Å². The Morgan fingerprint density at radius 2 is 2.05 bits per heavy atom. The molecule has 1 amide bonds. The lowest BCUT2D eigenvalue weighted by Gasteiger charge is -2.09. The lowest BCUT2D eigenvalue weighted by molar-refractivity contribution is 0.0944. The van der Waals surface area contributed by atoms with Crippen LogP contribution in [0, 0.1) is 17.6 Å². The van der Waals surface area contributed by atoms with Crippen LogP contribution in [0.1, 0.15) is 24.3 Å². The van der Waals surface area contributed by atoms with Crippen LogP contribution in [0.5, 0.6) is 0 Å². The van der Waals surface area contributed by atoms with Crippen LogP contribution in [0.15, 0.2) is 30.5 Å². The number of nitrogens with one attached hydrogen (secondary N) is 2. The zero-order valence-electron chi connectivity index (χ0n) is 12.2. The number of carbonyl (C=O) groups is 1. The number of aromatic nitrogens is 2. The second-order valence-electron chi connectivity index (χ2n) is 5.12. The maximum absolute atomic E-state index is 13.6. The molecule has 116 valence electrons. The Balaban J connectivity index is 2.12. The zero-order valence-corrected chi connectivity index (χ0v) is 12.2. The third-order valence-corrected chi connectivity index (χ3v) is 2.74. The van der Waals surface area contributed by atoms with Crippen LogP contribution < -0.4 is 10.6 Å². The number of hydrogen-bond donors (Lipinski definition) is 2. The molecule has 0 atom stereocenters. The average molecular weight is 306 g/mol. The molecule has 0 saturated heterocycles. The summed E-state index contributed by atoms with van der Waals surface area (Å²) in [6, 6.07) is 4.56. The van der Waals surface area contributed by atoms with Crippen molar-refractivity contribution in [3.8, 4) is 0 Å². The van der Waals surface area contributed by atoms with E-state index in [2.05, 4.69) is 20.6 Å². The van der Waals surface area contributed by atoms with Gasteiger partial charge in [0.05, 0.1) is 5.69 Å². The molecule has 1 aromatic heterocycles. The molecule has 1 aromatic carbocycles. The monoisotopic (exact) mass is 306 g/mol. The molecule has 0 radical (unpaired) electrons. The molecule has 2 aromatic rings. The molecule has 2 rings (SSSR count). The van der Waals surface area contributed by atoms with Crippen molar-refractivity contribution >= 4 is 17.5 Å². The van der Waals surface area contributed by atoms with Crippen molar-refractivity contribution in [2.75, 3.05) is 11.9 Å². The largest absolute Gasteiger partial charge is 0.350 e. The SMILES string of the molecule is CC(C)CNC(=O)c1ccnc(Nc2ccc(F)cc2F)n1. The molecule has 0 aliphatic rings. The van der Waals surface area contributed by atoms with Crippen LogP contribution in [0.4, 0.5) is 20.4 Å². The van der Waals surface area contributed by atoms with Crippen LogP contribution in [0.3, 0.4) is 0 Å². The van der Waals surface area contributed by atoms with Crippen LogP contribution in [-0.2, 0) is 0 Å². The van der Waals surface area contributed by atoms with Gasteiger partial charge in [0.15, 0.2) is 0 Å². The molecule has 0 saturated carbocycles. The highest BCUT2D eigenvalue weighted by Gasteiger charge is 2.10. The Morgan fingerprint density at radius 1 is 1.27 bits per heavy atom. The molecule has 0 aliphatic carbocycles. The third kappa shape index (κ3) is 4.21. The van der Waals surface area contributed by atoms with Crippen LogP contribution >= 0.6 is 0 Å². The second kappa shape index (κ2) is 6.93. The van der Waals surface area contributed by atoms with Crippen LogP contribution in [0.2, 0.25) is 0 Å². The Kier molecular flexibility index (Phi) is 4.98. The first-order valence-electron chi connectivity index (χ1n) is 6.79. The fraction of sp³-hybridized carbons (Fsp3) is 0.267. The van der Waals surface area contributed by atoms with Crippen molar-refractivity contribution in [2.24, 2.45) is 5.92 Å². The summed E-state index contributed by atoms with van der Waals surface area (Å²) in [5.41, 5.74) is 0.196. The highest BCUT2D eigenvalue weighted by molar-refractivity contribution is 5.92. The van der Waals surface area contributed by atoms with Crippen LogP contribution in [0.25, 0.3) is 0 Å². The Bertz CT molecular complexity index is 676. The third-order valence-electron chi connectivity index (χ3n) is 2.74. The van der Waals surface area contributed by atoms with E-state index in [4.69, 9.17) is 0 Å². The molecule has 7 heteroatoms. The summed E-state index contributed by atoms with van der Waals surface area (Å²) >= 11 is 0. The number of rotatable bonds is 5. The summed E-state index contributed by atoms with van der Waals surface area (Å²) in [5.74, 6) is -1.40. The molecule has 0 unspecified atom stereocenters. The fourth-order valence-corrected chi connectivity index (χ4v) is 1.64. The number of halogens is 2. The molecule has 5 nitrogen and oxygen atoms in total. The number of amides is 1. The number of nitrogens with zero attached hydrogens (tertiary/aromatic N) is 2. The van der Waals surface area contributed by atoms with E-state index in [1.165, 1.54) is 18.3 Å². The lowest BCUT2D eigenvalue weighted by Crippen LogP contribution is -2.28. The summed E-state index contributed by atoms with van der Waals surface area (Å²) in [5, 5.41) is 5.34. The molecular weight excluding hydrogens is 290 g/mol. The van der Waals surface area contributed by atoms with E-state index < -0.39 is 11.6 Å². The Morgan fingerprint density at radius 3 is 2.73 bits per heavy atom. The standard InChI is InChI=1S/C15H16F2N4O/c1-9(2)8-19-14(22)13-5-6-18-15(21-13)20-12-4-3-10(16)7-11(12)17/h3-7,9H,8H2,1-2H3,(H,19,22)(H,18,20,21). The van der Waals surface area contributed by atoms with Gasteiger partial charge in [-0.1, -0.05) is 13.8 Å². The maximum atomic E-state index is 13.6. The lowest BCUT2D eigenvalue weighted by atomic mass is 10.2. The average Bonchev–Trinajstić information content (AvgIpc) is 2.48. The van der Waals surface area contributed by atoms with Gasteiger partial charge in [0, 0.05) is 18.8 Å². The normalized spacial score (nSPS) is 10.6. The number of hydrogen-bond acceptors (Lipinski definition) is 4. The van der Waals surface area contributed by atoms with Gasteiger partial charge in [-0.2, -0.15) is 0 Å². The van der Waals surface area contributed by atoms with E-state index in [1.807, 2.05) is 13.8 Å². The van der Waals surface area contributed by atoms with Gasteiger partial charge in [0.1, 0.15) is 17.3 Å². The smallest absolute Gasteiger partial charge is 0.270 e. The molecular formula is C15H16F2N4O. The minimum Gasteiger partial charge on any atom is -0.350 e. The van der Waals surface area contributed by atoms with E-state index in [9.17, 15) is 13.6 Å². The molecule has 1 heterocycles. The maximum Gasteiger partial charge on any atom is 0.270 e. The van der Waals surface area contributed by atoms with Crippen molar-refractivity contribution < 1.29 is 13.6 Å². The molecule has 22 heavy (non-hydrogen) atoms. The van der Waals surface area contributed by atoms with E-state index in [-0.39, 0.29) is 23.2 Å². The van der Waals surface area contributed by atoms with Crippen molar-refractivity contribution in [1.82, 2.24) is 15.3 Å². The van der Waals surface area contributed by atoms with Gasteiger partial charge in [-0.3, -0.25) is 4.79 Å². The number of benzene rings is 1. The van der Waals surface area contributed by atoms with E-state index in [1.54, 1.807) is 0 Å². The first-order chi connectivity index (χ1) is 10.5. The number of anilines is 2. The predicted octanol–water partition coefficient (Wildman–Crippen LogP) is 2.88. The van der Waals surface area contributed by atoms with Gasteiger partial charge in [-0.05, 0) is 24.1 Å². The van der Waals surface area contributed by atoms with E-state index in [0.29, 0.717) is 12.5 Å². The summed E-state index contributed by atoms with van der Waals surface area (Å²) in [6.45, 7) is 4.48. The highest BCUT2D eigenvalue weighted by Crippen LogP contribution is 2.18. The molecule has 0 aliphatic heterocycles. The molecule has 0 spiro atoms. The van der Waals surface area contributed by atoms with Gasteiger partial charge in [-0.25, -0.2) is 18.7 Å². The van der Waals surface area contributed by atoms with Crippen molar-refractivity contribution in [2.45, 2.75) is 13.8 Å².